The number of hydrogen-bond donors (Lipinski definition) is 2. The van der Waals surface area contributed by atoms with Gasteiger partial charge in [0.1, 0.15) is 0 Å². The van der Waals surface area contributed by atoms with Crippen LogP contribution in [0.4, 0.5) is 11.4 Å². The topological polar surface area (TPSA) is 103 Å². The van der Waals surface area contributed by atoms with Crippen molar-refractivity contribution in [3.8, 4) is 11.5 Å². The van der Waals surface area contributed by atoms with Crippen molar-refractivity contribution in [3.63, 3.8) is 0 Å². The molecule has 0 heterocycles. The summed E-state index contributed by atoms with van der Waals surface area (Å²) in [5, 5.41) is 5.24. The molecule has 8 heteroatoms. The van der Waals surface area contributed by atoms with Crippen molar-refractivity contribution in [2.45, 2.75) is 27.2 Å². The molecular formula is C22H26N2O6. The smallest absolute Gasteiger partial charge is 0.338 e. The first kappa shape index (κ1) is 22.7. The second kappa shape index (κ2) is 11.5. The fourth-order valence-corrected chi connectivity index (χ4v) is 2.52. The van der Waals surface area contributed by atoms with Gasteiger partial charge in [-0.2, -0.15) is 0 Å². The van der Waals surface area contributed by atoms with E-state index in [9.17, 15) is 14.4 Å². The Morgan fingerprint density at radius 1 is 0.900 bits per heavy atom. The lowest BCUT2D eigenvalue weighted by Crippen LogP contribution is -2.21. The van der Waals surface area contributed by atoms with E-state index in [0.717, 1.165) is 6.42 Å². The van der Waals surface area contributed by atoms with E-state index in [0.29, 0.717) is 36.1 Å². The van der Waals surface area contributed by atoms with Gasteiger partial charge in [0.2, 0.25) is 5.91 Å². The van der Waals surface area contributed by atoms with E-state index in [4.69, 9.17) is 14.2 Å². The highest BCUT2D eigenvalue weighted by atomic mass is 16.5. The van der Waals surface area contributed by atoms with Gasteiger partial charge in [0.15, 0.2) is 18.1 Å². The Kier molecular flexibility index (Phi) is 8.68. The van der Waals surface area contributed by atoms with Crippen LogP contribution in [0.15, 0.2) is 42.5 Å². The van der Waals surface area contributed by atoms with Gasteiger partial charge < -0.3 is 24.8 Å². The van der Waals surface area contributed by atoms with E-state index in [-0.39, 0.29) is 11.5 Å². The summed E-state index contributed by atoms with van der Waals surface area (Å²) in [5.74, 6) is -0.381. The molecule has 160 valence electrons. The highest BCUT2D eigenvalue weighted by Gasteiger charge is 2.14. The van der Waals surface area contributed by atoms with E-state index in [1.54, 1.807) is 36.4 Å². The maximum Gasteiger partial charge on any atom is 0.338 e. The summed E-state index contributed by atoms with van der Waals surface area (Å²) in [4.78, 5) is 35.5. The van der Waals surface area contributed by atoms with Crippen LogP contribution >= 0.6 is 0 Å². The third-order valence-corrected chi connectivity index (χ3v) is 3.74. The molecule has 0 radical (unpaired) electrons. The number of amides is 2. The number of benzene rings is 2. The third kappa shape index (κ3) is 7.12. The maximum absolute atomic E-state index is 12.3. The first-order valence-electron chi connectivity index (χ1n) is 9.67. The molecule has 0 spiro atoms. The summed E-state index contributed by atoms with van der Waals surface area (Å²) in [5.41, 5.74) is 1.27. The molecule has 0 aromatic heterocycles. The van der Waals surface area contributed by atoms with Gasteiger partial charge in [0.25, 0.3) is 5.91 Å². The number of esters is 1. The van der Waals surface area contributed by atoms with Crippen molar-refractivity contribution < 1.29 is 28.6 Å². The minimum Gasteiger partial charge on any atom is -0.490 e. The Morgan fingerprint density at radius 3 is 2.30 bits per heavy atom. The molecule has 2 N–H and O–H groups in total. The number of ether oxygens (including phenoxy) is 3. The lowest BCUT2D eigenvalue weighted by molar-refractivity contribution is -0.119. The van der Waals surface area contributed by atoms with Crippen molar-refractivity contribution in [2.24, 2.45) is 0 Å². The van der Waals surface area contributed by atoms with Crippen molar-refractivity contribution >= 4 is 29.2 Å². The van der Waals surface area contributed by atoms with Gasteiger partial charge in [-0.15, -0.1) is 0 Å². The van der Waals surface area contributed by atoms with Crippen LogP contribution in [0.2, 0.25) is 0 Å². The first-order chi connectivity index (χ1) is 14.4. The summed E-state index contributed by atoms with van der Waals surface area (Å²) in [6.07, 6.45) is 0.845. The number of anilines is 2. The van der Waals surface area contributed by atoms with Crippen molar-refractivity contribution in [1.82, 2.24) is 0 Å². The number of hydrogen-bond acceptors (Lipinski definition) is 6. The molecule has 2 amide bonds. The minimum atomic E-state index is -0.653. The van der Waals surface area contributed by atoms with Crippen molar-refractivity contribution in [2.75, 3.05) is 30.5 Å². The molecular weight excluding hydrogens is 388 g/mol. The van der Waals surface area contributed by atoms with Crippen LogP contribution in [0.1, 0.15) is 37.6 Å². The van der Waals surface area contributed by atoms with Crippen LogP contribution in [0.5, 0.6) is 11.5 Å². The molecule has 0 aliphatic heterocycles. The average Bonchev–Trinajstić information content (AvgIpc) is 2.71. The van der Waals surface area contributed by atoms with E-state index in [1.165, 1.54) is 13.0 Å². The molecule has 30 heavy (non-hydrogen) atoms. The zero-order valence-electron chi connectivity index (χ0n) is 17.3. The summed E-state index contributed by atoms with van der Waals surface area (Å²) in [7, 11) is 0. The Hall–Kier alpha value is -3.55. The second-order valence-electron chi connectivity index (χ2n) is 6.33. The van der Waals surface area contributed by atoms with Gasteiger partial charge in [-0.1, -0.05) is 13.0 Å². The van der Waals surface area contributed by atoms with E-state index < -0.39 is 18.5 Å². The molecule has 2 rings (SSSR count). The van der Waals surface area contributed by atoms with Crippen LogP contribution in [-0.4, -0.2) is 37.6 Å². The molecule has 0 saturated carbocycles. The standard InChI is InChI=1S/C22H26N2O6/c1-4-11-29-19-10-9-16(12-20(19)28-5-2)22(27)30-14-21(26)24-18-8-6-7-17(13-18)23-15(3)25/h6-10,12-13H,4-5,11,14H2,1-3H3,(H,23,25)(H,24,26). The quantitative estimate of drug-likeness (QED) is 0.576. The van der Waals surface area contributed by atoms with E-state index in [2.05, 4.69) is 10.6 Å². The van der Waals surface area contributed by atoms with Crippen LogP contribution in [0.3, 0.4) is 0 Å². The largest absolute Gasteiger partial charge is 0.490 e. The van der Waals surface area contributed by atoms with Crippen molar-refractivity contribution in [3.05, 3.63) is 48.0 Å². The molecule has 2 aromatic rings. The number of carbonyl (C=O) groups is 3. The normalized spacial score (nSPS) is 10.1. The number of rotatable bonds is 10. The number of carbonyl (C=O) groups excluding carboxylic acids is 3. The molecule has 0 aliphatic rings. The third-order valence-electron chi connectivity index (χ3n) is 3.74. The van der Waals surface area contributed by atoms with Crippen LogP contribution in [-0.2, 0) is 14.3 Å². The molecule has 0 aliphatic carbocycles. The minimum absolute atomic E-state index is 0.218. The molecule has 0 atom stereocenters. The zero-order valence-corrected chi connectivity index (χ0v) is 17.3. The highest BCUT2D eigenvalue weighted by molar-refractivity contribution is 5.96. The van der Waals surface area contributed by atoms with Gasteiger partial charge in [0.05, 0.1) is 18.8 Å². The zero-order chi connectivity index (χ0) is 21.9. The lowest BCUT2D eigenvalue weighted by Gasteiger charge is -2.13. The molecule has 2 aromatic carbocycles. The molecule has 0 fully saturated rings. The number of nitrogens with one attached hydrogen (secondary N) is 2. The average molecular weight is 414 g/mol. The van der Waals surface area contributed by atoms with E-state index >= 15 is 0 Å². The highest BCUT2D eigenvalue weighted by Crippen LogP contribution is 2.29. The van der Waals surface area contributed by atoms with Crippen molar-refractivity contribution in [1.29, 1.82) is 0 Å². The van der Waals surface area contributed by atoms with Gasteiger partial charge >= 0.3 is 5.97 Å². The molecule has 0 unspecified atom stereocenters. The monoisotopic (exact) mass is 414 g/mol. The Labute approximate surface area is 175 Å². The summed E-state index contributed by atoms with van der Waals surface area (Å²) in [6.45, 7) is 5.71. The van der Waals surface area contributed by atoms with Gasteiger partial charge in [-0.3, -0.25) is 9.59 Å². The predicted octanol–water partition coefficient (Wildman–Crippen LogP) is 3.63. The Balaban J connectivity index is 1.95. The van der Waals surface area contributed by atoms with Gasteiger partial charge in [-0.25, -0.2) is 4.79 Å². The SMILES string of the molecule is CCCOc1ccc(C(=O)OCC(=O)Nc2cccc(NC(C)=O)c2)cc1OCC. The maximum atomic E-state index is 12.3. The molecule has 8 nitrogen and oxygen atoms in total. The Bertz CT molecular complexity index is 897. The van der Waals surface area contributed by atoms with Crippen LogP contribution < -0.4 is 20.1 Å². The fourth-order valence-electron chi connectivity index (χ4n) is 2.52. The predicted molar refractivity (Wildman–Crippen MR) is 113 cm³/mol. The van der Waals surface area contributed by atoms with Crippen LogP contribution in [0, 0.1) is 0 Å². The van der Waals surface area contributed by atoms with Gasteiger partial charge in [-0.05, 0) is 49.7 Å². The lowest BCUT2D eigenvalue weighted by atomic mass is 10.2. The summed E-state index contributed by atoms with van der Waals surface area (Å²) < 4.78 is 16.2. The molecule has 0 saturated heterocycles. The first-order valence-corrected chi connectivity index (χ1v) is 9.67. The van der Waals surface area contributed by atoms with Crippen LogP contribution in [0.25, 0.3) is 0 Å². The Morgan fingerprint density at radius 2 is 1.63 bits per heavy atom. The van der Waals surface area contributed by atoms with E-state index in [1.807, 2.05) is 13.8 Å². The second-order valence-corrected chi connectivity index (χ2v) is 6.33. The summed E-state index contributed by atoms with van der Waals surface area (Å²) in [6, 6.07) is 11.4. The van der Waals surface area contributed by atoms with Gasteiger partial charge in [0, 0.05) is 18.3 Å². The summed E-state index contributed by atoms with van der Waals surface area (Å²) >= 11 is 0. The molecule has 0 bridgehead atoms. The fraction of sp³-hybridized carbons (Fsp3) is 0.318.